The van der Waals surface area contributed by atoms with Crippen molar-refractivity contribution in [3.05, 3.63) is 0 Å². The lowest BCUT2D eigenvalue weighted by atomic mass is 10.5. The average molecular weight is 130 g/mol. The molecule has 1 unspecified atom stereocenters. The third kappa shape index (κ3) is 1.15. The molecule has 0 amide bonds. The van der Waals surface area contributed by atoms with Gasteiger partial charge in [-0.2, -0.15) is 5.10 Å². The van der Waals surface area contributed by atoms with Gasteiger partial charge in [0.05, 0.1) is 5.25 Å². The van der Waals surface area contributed by atoms with Crippen LogP contribution in [0.3, 0.4) is 0 Å². The number of hydrogen-bond donors (Lipinski definition) is 0. The van der Waals surface area contributed by atoms with Crippen molar-refractivity contribution in [3.8, 4) is 0 Å². The summed E-state index contributed by atoms with van der Waals surface area (Å²) < 4.78 is 1.99. The van der Waals surface area contributed by atoms with Crippen molar-refractivity contribution < 1.29 is 0 Å². The van der Waals surface area contributed by atoms with E-state index < -0.39 is 0 Å². The molecule has 1 heterocycles. The first-order valence-electron chi connectivity index (χ1n) is 2.81. The normalized spacial score (nSPS) is 27.2. The van der Waals surface area contributed by atoms with Gasteiger partial charge >= 0.3 is 0 Å². The second-order valence-electron chi connectivity index (χ2n) is 1.74. The zero-order chi connectivity index (χ0) is 5.98. The molecule has 0 aromatic rings. The second kappa shape index (κ2) is 2.40. The lowest BCUT2D eigenvalue weighted by Crippen LogP contribution is -2.03. The Hall–Kier alpha value is -0.180. The fourth-order valence-electron chi connectivity index (χ4n) is 0.571. The minimum absolute atomic E-state index is 0.579. The molecule has 1 aliphatic rings. The van der Waals surface area contributed by atoms with Crippen molar-refractivity contribution in [2.75, 3.05) is 6.54 Å². The molecular weight excluding hydrogens is 120 g/mol. The molecule has 0 spiro atoms. The molecule has 46 valence electrons. The van der Waals surface area contributed by atoms with Crippen LogP contribution in [0, 0.1) is 0 Å². The summed E-state index contributed by atoms with van der Waals surface area (Å²) in [6.07, 6.45) is 1.97. The molecule has 0 aromatic heterocycles. The number of rotatable bonds is 1. The van der Waals surface area contributed by atoms with E-state index in [4.69, 9.17) is 0 Å². The predicted octanol–water partition coefficient (Wildman–Crippen LogP) is 1.34. The van der Waals surface area contributed by atoms with Crippen LogP contribution in [0.25, 0.3) is 0 Å². The molecule has 0 aromatic carbocycles. The fourth-order valence-corrected chi connectivity index (χ4v) is 1.32. The lowest BCUT2D eigenvalue weighted by molar-refractivity contribution is 0.544. The van der Waals surface area contributed by atoms with Crippen molar-refractivity contribution in [3.63, 3.8) is 0 Å². The molecule has 1 rings (SSSR count). The van der Waals surface area contributed by atoms with Crippen molar-refractivity contribution in [1.29, 1.82) is 0 Å². The Balaban J connectivity index is 2.34. The van der Waals surface area contributed by atoms with E-state index in [1.54, 1.807) is 11.9 Å². The standard InChI is InChI=1S/C5H10N2S/c1-3-7-6-4-5(2)8-7/h4-5H,3H2,1-2H3. The number of hydrazone groups is 1. The first-order valence-corrected chi connectivity index (χ1v) is 3.65. The van der Waals surface area contributed by atoms with Crippen LogP contribution in [-0.4, -0.2) is 22.4 Å². The Morgan fingerprint density at radius 1 is 1.88 bits per heavy atom. The highest BCUT2D eigenvalue weighted by Crippen LogP contribution is 2.20. The summed E-state index contributed by atoms with van der Waals surface area (Å²) in [5, 5.41) is 4.69. The van der Waals surface area contributed by atoms with Crippen LogP contribution in [0.1, 0.15) is 13.8 Å². The first-order chi connectivity index (χ1) is 3.83. The van der Waals surface area contributed by atoms with Crippen LogP contribution in [0.15, 0.2) is 5.10 Å². The van der Waals surface area contributed by atoms with Crippen LogP contribution in [-0.2, 0) is 0 Å². The first kappa shape index (κ1) is 5.95. The summed E-state index contributed by atoms with van der Waals surface area (Å²) in [5.41, 5.74) is 0. The molecule has 8 heavy (non-hydrogen) atoms. The molecule has 0 bridgehead atoms. The minimum atomic E-state index is 0.579. The SMILES string of the molecule is CCN1N=CC(C)S1. The molecule has 1 atom stereocenters. The van der Waals surface area contributed by atoms with E-state index in [0.29, 0.717) is 5.25 Å². The predicted molar refractivity (Wildman–Crippen MR) is 37.9 cm³/mol. The zero-order valence-corrected chi connectivity index (χ0v) is 5.98. The van der Waals surface area contributed by atoms with Crippen LogP contribution >= 0.6 is 11.9 Å². The molecule has 0 saturated carbocycles. The molecule has 1 aliphatic heterocycles. The minimum Gasteiger partial charge on any atom is -0.239 e. The van der Waals surface area contributed by atoms with Crippen LogP contribution in [0.2, 0.25) is 0 Å². The monoisotopic (exact) mass is 130 g/mol. The van der Waals surface area contributed by atoms with Crippen molar-refractivity contribution >= 4 is 18.2 Å². The zero-order valence-electron chi connectivity index (χ0n) is 5.16. The van der Waals surface area contributed by atoms with Gasteiger partial charge < -0.3 is 0 Å². The molecule has 0 saturated heterocycles. The maximum absolute atomic E-state index is 4.11. The van der Waals surface area contributed by atoms with Gasteiger partial charge in [-0.15, -0.1) is 0 Å². The summed E-state index contributed by atoms with van der Waals surface area (Å²) >= 11 is 1.78. The molecule has 0 aliphatic carbocycles. The summed E-state index contributed by atoms with van der Waals surface area (Å²) in [6, 6.07) is 0. The molecule has 0 N–H and O–H groups in total. The smallest absolute Gasteiger partial charge is 0.0605 e. The van der Waals surface area contributed by atoms with Crippen LogP contribution in [0.4, 0.5) is 0 Å². The van der Waals surface area contributed by atoms with E-state index in [1.807, 2.05) is 10.6 Å². The molecular formula is C5H10N2S. The van der Waals surface area contributed by atoms with Gasteiger partial charge in [0.2, 0.25) is 0 Å². The van der Waals surface area contributed by atoms with Crippen LogP contribution < -0.4 is 0 Å². The highest BCUT2D eigenvalue weighted by Gasteiger charge is 2.10. The summed E-state index contributed by atoms with van der Waals surface area (Å²) in [4.78, 5) is 0. The Kier molecular flexibility index (Phi) is 1.78. The van der Waals surface area contributed by atoms with Gasteiger partial charge in [0.25, 0.3) is 0 Å². The quantitative estimate of drug-likeness (QED) is 0.498. The summed E-state index contributed by atoms with van der Waals surface area (Å²) in [5.74, 6) is 0. The highest BCUT2D eigenvalue weighted by molar-refractivity contribution is 7.98. The van der Waals surface area contributed by atoms with E-state index in [0.717, 1.165) is 6.54 Å². The van der Waals surface area contributed by atoms with Gasteiger partial charge in [0, 0.05) is 12.8 Å². The van der Waals surface area contributed by atoms with Gasteiger partial charge in [-0.25, -0.2) is 4.41 Å². The van der Waals surface area contributed by atoms with E-state index >= 15 is 0 Å². The topological polar surface area (TPSA) is 15.6 Å². The molecule has 3 heteroatoms. The molecule has 0 radical (unpaired) electrons. The maximum Gasteiger partial charge on any atom is 0.0605 e. The largest absolute Gasteiger partial charge is 0.239 e. The van der Waals surface area contributed by atoms with Gasteiger partial charge in [-0.3, -0.25) is 0 Å². The van der Waals surface area contributed by atoms with Gasteiger partial charge in [-0.1, -0.05) is 0 Å². The molecule has 2 nitrogen and oxygen atoms in total. The lowest BCUT2D eigenvalue weighted by Gasteiger charge is -2.07. The van der Waals surface area contributed by atoms with E-state index in [-0.39, 0.29) is 0 Å². The second-order valence-corrected chi connectivity index (χ2v) is 3.12. The average Bonchev–Trinajstić information content (AvgIpc) is 2.14. The van der Waals surface area contributed by atoms with Crippen molar-refractivity contribution in [2.45, 2.75) is 19.1 Å². The fraction of sp³-hybridized carbons (Fsp3) is 0.800. The molecule has 0 fully saturated rings. The number of nitrogens with zero attached hydrogens (tertiary/aromatic N) is 2. The van der Waals surface area contributed by atoms with E-state index in [9.17, 15) is 0 Å². The number of hydrogen-bond acceptors (Lipinski definition) is 3. The highest BCUT2D eigenvalue weighted by atomic mass is 32.2. The maximum atomic E-state index is 4.11. The third-order valence-corrected chi connectivity index (χ3v) is 2.01. The van der Waals surface area contributed by atoms with Gasteiger partial charge in [0.1, 0.15) is 0 Å². The van der Waals surface area contributed by atoms with Gasteiger partial charge in [0.15, 0.2) is 0 Å². The summed E-state index contributed by atoms with van der Waals surface area (Å²) in [6.45, 7) is 5.25. The van der Waals surface area contributed by atoms with Gasteiger partial charge in [-0.05, 0) is 25.8 Å². The Labute approximate surface area is 54.1 Å². The van der Waals surface area contributed by atoms with Crippen molar-refractivity contribution in [1.82, 2.24) is 4.41 Å². The van der Waals surface area contributed by atoms with E-state index in [2.05, 4.69) is 18.9 Å². The Morgan fingerprint density at radius 3 is 2.88 bits per heavy atom. The van der Waals surface area contributed by atoms with Crippen molar-refractivity contribution in [2.24, 2.45) is 5.10 Å². The third-order valence-electron chi connectivity index (χ3n) is 0.964. The summed E-state index contributed by atoms with van der Waals surface area (Å²) in [7, 11) is 0. The Morgan fingerprint density at radius 2 is 2.62 bits per heavy atom. The van der Waals surface area contributed by atoms with E-state index in [1.165, 1.54) is 0 Å². The Bertz CT molecular complexity index is 103. The van der Waals surface area contributed by atoms with Crippen LogP contribution in [0.5, 0.6) is 0 Å².